The number of carbonyl (C=O) groups is 4. The van der Waals surface area contributed by atoms with E-state index in [1.165, 1.54) is 4.90 Å². The van der Waals surface area contributed by atoms with E-state index < -0.39 is 0 Å². The van der Waals surface area contributed by atoms with Gasteiger partial charge in [-0.1, -0.05) is 0 Å². The number of imide groups is 1. The predicted octanol–water partition coefficient (Wildman–Crippen LogP) is -0.992. The van der Waals surface area contributed by atoms with Crippen LogP contribution in [-0.4, -0.2) is 77.2 Å². The minimum atomic E-state index is -0.364. The molecule has 120 valence electrons. The van der Waals surface area contributed by atoms with Crippen LogP contribution < -0.4 is 5.32 Å². The van der Waals surface area contributed by atoms with E-state index in [1.54, 1.807) is 16.7 Å². The maximum absolute atomic E-state index is 12.4. The molecule has 0 unspecified atom stereocenters. The summed E-state index contributed by atoms with van der Waals surface area (Å²) in [4.78, 5) is 51.5. The number of rotatable bonds is 2. The van der Waals surface area contributed by atoms with Crippen molar-refractivity contribution < 1.29 is 19.2 Å². The van der Waals surface area contributed by atoms with Gasteiger partial charge in [-0.3, -0.25) is 19.3 Å². The molecular formula is C14H20N4O4. The molecule has 3 fully saturated rings. The lowest BCUT2D eigenvalue weighted by atomic mass is 9.93. The van der Waals surface area contributed by atoms with Gasteiger partial charge in [0.1, 0.15) is 0 Å². The Bertz CT molecular complexity index is 505. The summed E-state index contributed by atoms with van der Waals surface area (Å²) in [7, 11) is 0. The van der Waals surface area contributed by atoms with Gasteiger partial charge >= 0.3 is 6.03 Å². The van der Waals surface area contributed by atoms with E-state index in [0.29, 0.717) is 39.0 Å². The lowest BCUT2D eigenvalue weighted by Gasteiger charge is -2.44. The standard InChI is InChI=1S/C14H20N4O4/c1-9(19)16-4-2-10(3-5-16)13(21)17-7-11(8-17)18-12(20)6-15-14(18)22/h10-11H,2-8H2,1H3,(H,15,22). The van der Waals surface area contributed by atoms with Gasteiger partial charge in [-0.15, -0.1) is 0 Å². The Kier molecular flexibility index (Phi) is 3.76. The van der Waals surface area contributed by atoms with Gasteiger partial charge in [-0.2, -0.15) is 0 Å². The SMILES string of the molecule is CC(=O)N1CCC(C(=O)N2CC(N3C(=O)CNC3=O)C2)CC1. The zero-order valence-corrected chi connectivity index (χ0v) is 12.6. The third-order valence-corrected chi connectivity index (χ3v) is 4.71. The van der Waals surface area contributed by atoms with Crippen molar-refractivity contribution in [1.29, 1.82) is 0 Å². The van der Waals surface area contributed by atoms with Crippen LogP contribution in [-0.2, 0) is 14.4 Å². The molecule has 3 heterocycles. The molecule has 0 bridgehead atoms. The highest BCUT2D eigenvalue weighted by molar-refractivity contribution is 6.02. The fourth-order valence-corrected chi connectivity index (χ4v) is 3.30. The summed E-state index contributed by atoms with van der Waals surface area (Å²) in [6, 6.07) is -0.562. The number of likely N-dealkylation sites (tertiary alicyclic amines) is 2. The van der Waals surface area contributed by atoms with Gasteiger partial charge in [-0.25, -0.2) is 4.79 Å². The normalized spacial score (nSPS) is 23.6. The molecule has 3 aliphatic rings. The number of amides is 5. The number of nitrogens with one attached hydrogen (secondary N) is 1. The minimum absolute atomic E-state index is 0.0484. The van der Waals surface area contributed by atoms with Crippen LogP contribution in [0.3, 0.4) is 0 Å². The van der Waals surface area contributed by atoms with Gasteiger partial charge in [0.05, 0.1) is 12.6 Å². The molecule has 8 nitrogen and oxygen atoms in total. The van der Waals surface area contributed by atoms with Crippen LogP contribution in [0.15, 0.2) is 0 Å². The van der Waals surface area contributed by atoms with Gasteiger partial charge in [0.25, 0.3) is 0 Å². The number of nitrogens with zero attached hydrogens (tertiary/aromatic N) is 3. The van der Waals surface area contributed by atoms with Crippen molar-refractivity contribution in [3.8, 4) is 0 Å². The highest BCUT2D eigenvalue weighted by atomic mass is 16.2. The first-order valence-electron chi connectivity index (χ1n) is 7.61. The minimum Gasteiger partial charge on any atom is -0.343 e. The average molecular weight is 308 g/mol. The van der Waals surface area contributed by atoms with Crippen LogP contribution in [0, 0.1) is 5.92 Å². The molecular weight excluding hydrogens is 288 g/mol. The topological polar surface area (TPSA) is 90.0 Å². The molecule has 0 radical (unpaired) electrons. The molecule has 0 spiro atoms. The molecule has 0 saturated carbocycles. The molecule has 1 N–H and O–H groups in total. The molecule has 0 aromatic carbocycles. The molecule has 0 aromatic rings. The maximum Gasteiger partial charge on any atom is 0.324 e. The van der Waals surface area contributed by atoms with Crippen LogP contribution in [0.5, 0.6) is 0 Å². The summed E-state index contributed by atoms with van der Waals surface area (Å²) in [5.41, 5.74) is 0. The number of urea groups is 1. The summed E-state index contributed by atoms with van der Waals surface area (Å²) >= 11 is 0. The van der Waals surface area contributed by atoms with Crippen LogP contribution in [0.25, 0.3) is 0 Å². The van der Waals surface area contributed by atoms with E-state index in [1.807, 2.05) is 0 Å². The molecule has 5 amide bonds. The first kappa shape index (κ1) is 14.8. The van der Waals surface area contributed by atoms with Gasteiger partial charge in [0, 0.05) is 39.0 Å². The Balaban J connectivity index is 1.49. The first-order chi connectivity index (χ1) is 10.5. The van der Waals surface area contributed by atoms with Gasteiger partial charge < -0.3 is 15.1 Å². The Morgan fingerprint density at radius 3 is 2.23 bits per heavy atom. The fraction of sp³-hybridized carbons (Fsp3) is 0.714. The van der Waals surface area contributed by atoms with Crippen molar-refractivity contribution in [2.24, 2.45) is 5.92 Å². The summed E-state index contributed by atoms with van der Waals surface area (Å²) in [5.74, 6) is -0.156. The van der Waals surface area contributed by atoms with Gasteiger partial charge in [-0.05, 0) is 12.8 Å². The Morgan fingerprint density at radius 2 is 1.73 bits per heavy atom. The quantitative estimate of drug-likeness (QED) is 0.663. The van der Waals surface area contributed by atoms with Crippen molar-refractivity contribution in [3.05, 3.63) is 0 Å². The lowest BCUT2D eigenvalue weighted by molar-refractivity contribution is -0.147. The van der Waals surface area contributed by atoms with Gasteiger partial charge in [0.2, 0.25) is 17.7 Å². The van der Waals surface area contributed by atoms with Gasteiger partial charge in [0.15, 0.2) is 0 Å². The number of hydrogen-bond acceptors (Lipinski definition) is 4. The van der Waals surface area contributed by atoms with Crippen molar-refractivity contribution >= 4 is 23.8 Å². The summed E-state index contributed by atoms with van der Waals surface area (Å²) in [6.07, 6.45) is 1.37. The second-order valence-corrected chi connectivity index (χ2v) is 6.10. The monoisotopic (exact) mass is 308 g/mol. The number of hydrogen-bond donors (Lipinski definition) is 1. The second kappa shape index (κ2) is 5.58. The smallest absolute Gasteiger partial charge is 0.324 e. The molecule has 22 heavy (non-hydrogen) atoms. The molecule has 0 aromatic heterocycles. The Labute approximate surface area is 128 Å². The lowest BCUT2D eigenvalue weighted by Crippen LogP contribution is -2.63. The van der Waals surface area contributed by atoms with Crippen LogP contribution in [0.4, 0.5) is 4.79 Å². The van der Waals surface area contributed by atoms with Crippen molar-refractivity contribution in [3.63, 3.8) is 0 Å². The van der Waals surface area contributed by atoms with E-state index in [-0.39, 0.29) is 42.3 Å². The second-order valence-electron chi connectivity index (χ2n) is 6.10. The Morgan fingerprint density at radius 1 is 1.09 bits per heavy atom. The highest BCUT2D eigenvalue weighted by Gasteiger charge is 2.44. The Hall–Kier alpha value is -2.12. The first-order valence-corrected chi connectivity index (χ1v) is 7.61. The summed E-state index contributed by atoms with van der Waals surface area (Å²) in [5, 5.41) is 2.49. The van der Waals surface area contributed by atoms with Crippen molar-refractivity contribution in [1.82, 2.24) is 20.0 Å². The van der Waals surface area contributed by atoms with Crippen molar-refractivity contribution in [2.75, 3.05) is 32.7 Å². The molecule has 8 heteroatoms. The van der Waals surface area contributed by atoms with Crippen LogP contribution in [0.1, 0.15) is 19.8 Å². The average Bonchev–Trinajstić information content (AvgIpc) is 2.78. The summed E-state index contributed by atoms with van der Waals surface area (Å²) in [6.45, 7) is 3.68. The van der Waals surface area contributed by atoms with E-state index in [0.717, 1.165) is 0 Å². The van der Waals surface area contributed by atoms with E-state index in [4.69, 9.17) is 0 Å². The van der Waals surface area contributed by atoms with E-state index in [9.17, 15) is 19.2 Å². The highest BCUT2D eigenvalue weighted by Crippen LogP contribution is 2.25. The molecule has 3 rings (SSSR count). The third-order valence-electron chi connectivity index (χ3n) is 4.71. The number of carbonyl (C=O) groups excluding carboxylic acids is 4. The third kappa shape index (κ3) is 2.53. The summed E-state index contributed by atoms with van der Waals surface area (Å²) < 4.78 is 0. The number of piperidine rings is 1. The van der Waals surface area contributed by atoms with E-state index >= 15 is 0 Å². The fourth-order valence-electron chi connectivity index (χ4n) is 3.30. The largest absolute Gasteiger partial charge is 0.343 e. The molecule has 0 aliphatic carbocycles. The maximum atomic E-state index is 12.4. The molecule has 3 aliphatic heterocycles. The zero-order chi connectivity index (χ0) is 15.9. The molecule has 0 atom stereocenters. The zero-order valence-electron chi connectivity index (χ0n) is 12.6. The molecule has 3 saturated heterocycles. The predicted molar refractivity (Wildman–Crippen MR) is 75.6 cm³/mol. The van der Waals surface area contributed by atoms with E-state index in [2.05, 4.69) is 5.32 Å². The van der Waals surface area contributed by atoms with Crippen molar-refractivity contribution in [2.45, 2.75) is 25.8 Å². The van der Waals surface area contributed by atoms with Crippen LogP contribution >= 0.6 is 0 Å². The van der Waals surface area contributed by atoms with Crippen LogP contribution in [0.2, 0.25) is 0 Å².